The van der Waals surface area contributed by atoms with Crippen LogP contribution in [-0.2, 0) is 4.74 Å². The van der Waals surface area contributed by atoms with E-state index in [1.807, 2.05) is 6.92 Å². The van der Waals surface area contributed by atoms with Crippen LogP contribution in [0.1, 0.15) is 40.0 Å². The molecule has 0 amide bonds. The average molecular weight is 203 g/mol. The molecule has 0 aliphatic rings. The summed E-state index contributed by atoms with van der Waals surface area (Å²) in [6.07, 6.45) is 3.21. The fourth-order valence-corrected chi connectivity index (χ4v) is 1.35. The molecule has 0 aromatic carbocycles. The lowest BCUT2D eigenvalue weighted by molar-refractivity contribution is 0.0669. The van der Waals surface area contributed by atoms with Gasteiger partial charge in [0.15, 0.2) is 0 Å². The van der Waals surface area contributed by atoms with E-state index in [0.29, 0.717) is 11.4 Å². The Balaban J connectivity index is 3.26. The molecular formula is C10H21NOS. The zero-order valence-electron chi connectivity index (χ0n) is 8.88. The van der Waals surface area contributed by atoms with Crippen LogP contribution in [0.5, 0.6) is 0 Å². The van der Waals surface area contributed by atoms with Crippen molar-refractivity contribution in [1.29, 1.82) is 0 Å². The monoisotopic (exact) mass is 203 g/mol. The predicted octanol–water partition coefficient (Wildman–Crippen LogP) is 2.50. The quantitative estimate of drug-likeness (QED) is 0.510. The summed E-state index contributed by atoms with van der Waals surface area (Å²) in [5, 5.41) is 0. The van der Waals surface area contributed by atoms with Crippen LogP contribution in [0.15, 0.2) is 0 Å². The highest BCUT2D eigenvalue weighted by atomic mass is 32.1. The van der Waals surface area contributed by atoms with Gasteiger partial charge in [0.05, 0.1) is 11.1 Å². The molecule has 0 rings (SSSR count). The summed E-state index contributed by atoms with van der Waals surface area (Å²) in [6, 6.07) is 0. The Morgan fingerprint density at radius 1 is 1.38 bits per heavy atom. The first-order chi connectivity index (χ1) is 6.02. The van der Waals surface area contributed by atoms with E-state index in [1.54, 1.807) is 0 Å². The van der Waals surface area contributed by atoms with Gasteiger partial charge in [0.25, 0.3) is 0 Å². The van der Waals surface area contributed by atoms with E-state index >= 15 is 0 Å². The van der Waals surface area contributed by atoms with Crippen molar-refractivity contribution in [2.45, 2.75) is 46.1 Å². The third kappa shape index (κ3) is 9.77. The van der Waals surface area contributed by atoms with Crippen molar-refractivity contribution < 1.29 is 4.74 Å². The standard InChI is InChI=1S/C10H21NOS/c1-8(2)5-4-6-12-9(3)7-10(11)13/h8-9H,4-7H2,1-3H3,(H2,11,13). The van der Waals surface area contributed by atoms with Gasteiger partial charge in [-0.15, -0.1) is 0 Å². The number of hydrogen-bond donors (Lipinski definition) is 1. The van der Waals surface area contributed by atoms with E-state index in [4.69, 9.17) is 22.7 Å². The van der Waals surface area contributed by atoms with Gasteiger partial charge in [0, 0.05) is 13.0 Å². The lowest BCUT2D eigenvalue weighted by Gasteiger charge is -2.12. The summed E-state index contributed by atoms with van der Waals surface area (Å²) in [7, 11) is 0. The van der Waals surface area contributed by atoms with Crippen molar-refractivity contribution in [3.63, 3.8) is 0 Å². The van der Waals surface area contributed by atoms with Crippen molar-refractivity contribution in [3.05, 3.63) is 0 Å². The predicted molar refractivity (Wildman–Crippen MR) is 60.9 cm³/mol. The first kappa shape index (κ1) is 12.8. The van der Waals surface area contributed by atoms with E-state index < -0.39 is 0 Å². The third-order valence-electron chi connectivity index (χ3n) is 1.82. The minimum absolute atomic E-state index is 0.171. The third-order valence-corrected chi connectivity index (χ3v) is 1.98. The summed E-state index contributed by atoms with van der Waals surface area (Å²) in [5.74, 6) is 0.759. The first-order valence-corrected chi connectivity index (χ1v) is 5.33. The molecule has 0 saturated heterocycles. The van der Waals surface area contributed by atoms with Crippen LogP contribution in [0.3, 0.4) is 0 Å². The highest BCUT2D eigenvalue weighted by molar-refractivity contribution is 7.80. The van der Waals surface area contributed by atoms with Crippen molar-refractivity contribution in [2.24, 2.45) is 11.7 Å². The van der Waals surface area contributed by atoms with Crippen LogP contribution >= 0.6 is 12.2 Å². The smallest absolute Gasteiger partial charge is 0.0753 e. The summed E-state index contributed by atoms with van der Waals surface area (Å²) in [6.45, 7) is 7.27. The van der Waals surface area contributed by atoms with E-state index in [0.717, 1.165) is 18.9 Å². The Hall–Kier alpha value is -0.150. The Labute approximate surface area is 86.8 Å². The molecule has 3 heteroatoms. The van der Waals surface area contributed by atoms with Crippen molar-refractivity contribution in [2.75, 3.05) is 6.61 Å². The molecule has 0 bridgehead atoms. The van der Waals surface area contributed by atoms with Crippen LogP contribution in [0.25, 0.3) is 0 Å². The van der Waals surface area contributed by atoms with Gasteiger partial charge in [-0.05, 0) is 25.7 Å². The molecule has 1 atom stereocenters. The van der Waals surface area contributed by atoms with Gasteiger partial charge in [-0.3, -0.25) is 0 Å². The average Bonchev–Trinajstić information content (AvgIpc) is 1.96. The van der Waals surface area contributed by atoms with Gasteiger partial charge in [-0.1, -0.05) is 26.1 Å². The van der Waals surface area contributed by atoms with Crippen LogP contribution in [0.4, 0.5) is 0 Å². The van der Waals surface area contributed by atoms with E-state index in [1.165, 1.54) is 6.42 Å². The highest BCUT2D eigenvalue weighted by Gasteiger charge is 2.03. The normalized spacial score (nSPS) is 13.2. The Kier molecular flexibility index (Phi) is 7.19. The SMILES string of the molecule is CC(C)CCCOC(C)CC(N)=S. The maximum atomic E-state index is 5.54. The summed E-state index contributed by atoms with van der Waals surface area (Å²) < 4.78 is 5.54. The molecule has 1 unspecified atom stereocenters. The lowest BCUT2D eigenvalue weighted by atomic mass is 10.1. The van der Waals surface area contributed by atoms with Gasteiger partial charge >= 0.3 is 0 Å². The number of rotatable bonds is 7. The first-order valence-electron chi connectivity index (χ1n) is 4.92. The Morgan fingerprint density at radius 3 is 2.46 bits per heavy atom. The lowest BCUT2D eigenvalue weighted by Crippen LogP contribution is -2.19. The molecule has 0 aromatic rings. The molecule has 2 N–H and O–H groups in total. The number of hydrogen-bond acceptors (Lipinski definition) is 2. The summed E-state index contributed by atoms with van der Waals surface area (Å²) in [4.78, 5) is 0.538. The second kappa shape index (κ2) is 7.27. The zero-order chi connectivity index (χ0) is 10.3. The van der Waals surface area contributed by atoms with Crippen molar-refractivity contribution >= 4 is 17.2 Å². The van der Waals surface area contributed by atoms with E-state index in [9.17, 15) is 0 Å². The number of thiocarbonyl (C=S) groups is 1. The minimum Gasteiger partial charge on any atom is -0.393 e. The molecule has 0 spiro atoms. The number of nitrogens with two attached hydrogens (primary N) is 1. The van der Waals surface area contributed by atoms with Gasteiger partial charge in [-0.25, -0.2) is 0 Å². The van der Waals surface area contributed by atoms with E-state index in [2.05, 4.69) is 13.8 Å². The van der Waals surface area contributed by atoms with E-state index in [-0.39, 0.29) is 6.10 Å². The molecule has 0 aromatic heterocycles. The number of ether oxygens (including phenoxy) is 1. The van der Waals surface area contributed by atoms with Crippen molar-refractivity contribution in [3.8, 4) is 0 Å². The molecule has 0 saturated carbocycles. The molecule has 13 heavy (non-hydrogen) atoms. The van der Waals surface area contributed by atoms with Crippen LogP contribution in [0, 0.1) is 5.92 Å². The van der Waals surface area contributed by atoms with Crippen molar-refractivity contribution in [1.82, 2.24) is 0 Å². The zero-order valence-corrected chi connectivity index (χ0v) is 9.69. The molecule has 78 valence electrons. The molecule has 0 aliphatic carbocycles. The topological polar surface area (TPSA) is 35.2 Å². The van der Waals surface area contributed by atoms with Crippen LogP contribution < -0.4 is 5.73 Å². The molecule has 2 nitrogen and oxygen atoms in total. The largest absolute Gasteiger partial charge is 0.393 e. The maximum Gasteiger partial charge on any atom is 0.0753 e. The molecule has 0 radical (unpaired) electrons. The summed E-state index contributed by atoms with van der Waals surface area (Å²) >= 11 is 4.79. The van der Waals surface area contributed by atoms with Crippen LogP contribution in [0.2, 0.25) is 0 Å². The molecular weight excluding hydrogens is 182 g/mol. The fraction of sp³-hybridized carbons (Fsp3) is 0.900. The Morgan fingerprint density at radius 2 is 2.00 bits per heavy atom. The molecule has 0 aliphatic heterocycles. The Bertz CT molecular complexity index is 148. The second-order valence-corrected chi connectivity index (χ2v) is 4.41. The van der Waals surface area contributed by atoms with Gasteiger partial charge in [-0.2, -0.15) is 0 Å². The van der Waals surface area contributed by atoms with Crippen LogP contribution in [-0.4, -0.2) is 17.7 Å². The summed E-state index contributed by atoms with van der Waals surface area (Å²) in [5.41, 5.74) is 5.40. The molecule has 0 fully saturated rings. The minimum atomic E-state index is 0.171. The van der Waals surface area contributed by atoms with Gasteiger partial charge < -0.3 is 10.5 Å². The molecule has 0 heterocycles. The van der Waals surface area contributed by atoms with Gasteiger partial charge in [0.2, 0.25) is 0 Å². The second-order valence-electron chi connectivity index (χ2n) is 3.89. The fourth-order valence-electron chi connectivity index (χ4n) is 1.12. The highest BCUT2D eigenvalue weighted by Crippen LogP contribution is 2.05. The van der Waals surface area contributed by atoms with Gasteiger partial charge in [0.1, 0.15) is 0 Å². The maximum absolute atomic E-state index is 5.54.